The second-order valence-corrected chi connectivity index (χ2v) is 6.17. The van der Waals surface area contributed by atoms with Gasteiger partial charge in [0.2, 0.25) is 10.0 Å². The summed E-state index contributed by atoms with van der Waals surface area (Å²) in [5.41, 5.74) is 0.349. The van der Waals surface area contributed by atoms with Crippen molar-refractivity contribution in [3.63, 3.8) is 0 Å². The highest BCUT2D eigenvalue weighted by atomic mass is 32.2. The Kier molecular flexibility index (Phi) is 4.21. The second kappa shape index (κ2) is 5.89. The molecule has 0 aliphatic rings. The monoisotopic (exact) mass is 291 g/mol. The maximum atomic E-state index is 12.3. The van der Waals surface area contributed by atoms with Crippen molar-refractivity contribution < 1.29 is 13.2 Å². The first-order valence-corrected chi connectivity index (χ1v) is 7.25. The molecule has 7 heteroatoms. The van der Waals surface area contributed by atoms with Gasteiger partial charge in [-0.15, -0.1) is 0 Å². The molecule has 0 unspecified atom stereocenters. The zero-order valence-electron chi connectivity index (χ0n) is 10.8. The van der Waals surface area contributed by atoms with Crippen LogP contribution in [0.5, 0.6) is 0 Å². The topological polar surface area (TPSA) is 80.2 Å². The quantitative estimate of drug-likeness (QED) is 0.771. The lowest BCUT2D eigenvalue weighted by molar-refractivity contribution is 0.112. The first-order chi connectivity index (χ1) is 9.54. The number of rotatable bonds is 5. The van der Waals surface area contributed by atoms with Crippen molar-refractivity contribution in [3.8, 4) is 0 Å². The summed E-state index contributed by atoms with van der Waals surface area (Å²) in [4.78, 5) is 18.6. The molecular weight excluding hydrogens is 278 g/mol. The van der Waals surface area contributed by atoms with Gasteiger partial charge >= 0.3 is 0 Å². The minimum atomic E-state index is -3.57. The van der Waals surface area contributed by atoms with Gasteiger partial charge in [0, 0.05) is 19.4 Å². The average Bonchev–Trinajstić information content (AvgIpc) is 2.49. The van der Waals surface area contributed by atoms with Gasteiger partial charge in [-0.1, -0.05) is 18.2 Å². The standard InChI is InChI=1S/C13H13N3O3S/c1-16(9-13-14-7-11(10-17)8-15-13)20(18,19)12-5-3-2-4-6-12/h2-8,10H,9H2,1H3. The Morgan fingerprint density at radius 1 is 1.15 bits per heavy atom. The normalized spacial score (nSPS) is 11.5. The zero-order chi connectivity index (χ0) is 14.6. The molecule has 2 aromatic rings. The van der Waals surface area contributed by atoms with Crippen molar-refractivity contribution in [2.45, 2.75) is 11.4 Å². The Bertz CT molecular complexity index is 685. The van der Waals surface area contributed by atoms with E-state index in [0.717, 1.165) is 4.31 Å². The number of aromatic nitrogens is 2. The third kappa shape index (κ3) is 3.06. The van der Waals surface area contributed by atoms with E-state index in [1.165, 1.54) is 31.6 Å². The highest BCUT2D eigenvalue weighted by Gasteiger charge is 2.21. The molecule has 0 radical (unpaired) electrons. The summed E-state index contributed by atoms with van der Waals surface area (Å²) in [5.74, 6) is 0.331. The molecule has 104 valence electrons. The van der Waals surface area contributed by atoms with E-state index in [-0.39, 0.29) is 11.4 Å². The molecule has 0 fully saturated rings. The largest absolute Gasteiger partial charge is 0.298 e. The third-order valence-corrected chi connectivity index (χ3v) is 4.49. The Balaban J connectivity index is 2.18. The smallest absolute Gasteiger partial charge is 0.243 e. The van der Waals surface area contributed by atoms with Crippen LogP contribution in [0.1, 0.15) is 16.2 Å². The van der Waals surface area contributed by atoms with Gasteiger partial charge in [-0.2, -0.15) is 4.31 Å². The van der Waals surface area contributed by atoms with E-state index in [1.54, 1.807) is 18.2 Å². The molecule has 0 atom stereocenters. The number of carbonyl (C=O) groups excluding carboxylic acids is 1. The molecule has 1 heterocycles. The molecule has 0 N–H and O–H groups in total. The molecule has 1 aromatic carbocycles. The van der Waals surface area contributed by atoms with E-state index >= 15 is 0 Å². The highest BCUT2D eigenvalue weighted by Crippen LogP contribution is 2.14. The van der Waals surface area contributed by atoms with Gasteiger partial charge in [-0.05, 0) is 12.1 Å². The fourth-order valence-corrected chi connectivity index (χ4v) is 2.71. The van der Waals surface area contributed by atoms with Gasteiger partial charge in [0.15, 0.2) is 6.29 Å². The molecule has 0 saturated heterocycles. The van der Waals surface area contributed by atoms with Crippen LogP contribution in [0.2, 0.25) is 0 Å². The van der Waals surface area contributed by atoms with Crippen LogP contribution in [0, 0.1) is 0 Å². The molecule has 0 amide bonds. The summed E-state index contributed by atoms with van der Waals surface area (Å²) in [5, 5.41) is 0. The molecule has 0 spiro atoms. The number of hydrogen-bond donors (Lipinski definition) is 0. The van der Waals surface area contributed by atoms with Crippen molar-refractivity contribution in [2.24, 2.45) is 0 Å². The van der Waals surface area contributed by atoms with Gasteiger partial charge in [0.05, 0.1) is 17.0 Å². The Hall–Kier alpha value is -2.12. The average molecular weight is 291 g/mol. The summed E-state index contributed by atoms with van der Waals surface area (Å²) in [6, 6.07) is 8.14. The maximum Gasteiger partial charge on any atom is 0.243 e. The lowest BCUT2D eigenvalue weighted by Crippen LogP contribution is -2.27. The van der Waals surface area contributed by atoms with E-state index in [4.69, 9.17) is 0 Å². The molecule has 6 nitrogen and oxygen atoms in total. The van der Waals surface area contributed by atoms with Crippen LogP contribution in [-0.2, 0) is 16.6 Å². The van der Waals surface area contributed by atoms with Crippen LogP contribution in [-0.4, -0.2) is 36.0 Å². The van der Waals surface area contributed by atoms with Crippen LogP contribution in [0.4, 0.5) is 0 Å². The molecule has 0 saturated carbocycles. The fourth-order valence-electron chi connectivity index (χ4n) is 1.56. The Morgan fingerprint density at radius 3 is 2.30 bits per heavy atom. The predicted octanol–water partition coefficient (Wildman–Crippen LogP) is 1.11. The summed E-state index contributed by atoms with van der Waals surface area (Å²) < 4.78 is 25.7. The number of hydrogen-bond acceptors (Lipinski definition) is 5. The summed E-state index contributed by atoms with van der Waals surface area (Å²) in [7, 11) is -2.11. The van der Waals surface area contributed by atoms with Crippen molar-refractivity contribution >= 4 is 16.3 Å². The summed E-state index contributed by atoms with van der Waals surface area (Å²) in [6.45, 7) is 0.0381. The van der Waals surface area contributed by atoms with Crippen molar-refractivity contribution in [1.29, 1.82) is 0 Å². The predicted molar refractivity (Wildman–Crippen MR) is 72.5 cm³/mol. The minimum Gasteiger partial charge on any atom is -0.298 e. The Labute approximate surface area is 117 Å². The van der Waals surface area contributed by atoms with E-state index < -0.39 is 10.0 Å². The van der Waals surface area contributed by atoms with Crippen molar-refractivity contribution in [3.05, 3.63) is 54.1 Å². The first kappa shape index (κ1) is 14.3. The Morgan fingerprint density at radius 2 is 1.75 bits per heavy atom. The van der Waals surface area contributed by atoms with E-state index in [9.17, 15) is 13.2 Å². The van der Waals surface area contributed by atoms with Gasteiger partial charge in [-0.25, -0.2) is 18.4 Å². The lowest BCUT2D eigenvalue weighted by Gasteiger charge is -2.16. The molecule has 0 aliphatic carbocycles. The van der Waals surface area contributed by atoms with Gasteiger partial charge in [0.25, 0.3) is 0 Å². The van der Waals surface area contributed by atoms with Crippen LogP contribution < -0.4 is 0 Å². The summed E-state index contributed by atoms with van der Waals surface area (Å²) in [6.07, 6.45) is 3.35. The number of carbonyl (C=O) groups is 1. The van der Waals surface area contributed by atoms with Crippen LogP contribution >= 0.6 is 0 Å². The third-order valence-electron chi connectivity index (χ3n) is 2.68. The SMILES string of the molecule is CN(Cc1ncc(C=O)cn1)S(=O)(=O)c1ccccc1. The molecule has 1 aromatic heterocycles. The summed E-state index contributed by atoms with van der Waals surface area (Å²) >= 11 is 0. The maximum absolute atomic E-state index is 12.3. The van der Waals surface area contributed by atoms with Crippen molar-refractivity contribution in [2.75, 3.05) is 7.05 Å². The number of aldehydes is 1. The van der Waals surface area contributed by atoms with Crippen molar-refractivity contribution in [1.82, 2.24) is 14.3 Å². The number of sulfonamides is 1. The molecular formula is C13H13N3O3S. The van der Waals surface area contributed by atoms with Crippen LogP contribution in [0.15, 0.2) is 47.6 Å². The number of benzene rings is 1. The number of nitrogens with zero attached hydrogens (tertiary/aromatic N) is 3. The van der Waals surface area contributed by atoms with Gasteiger partial charge in [-0.3, -0.25) is 4.79 Å². The lowest BCUT2D eigenvalue weighted by atomic mass is 10.4. The molecule has 0 bridgehead atoms. The highest BCUT2D eigenvalue weighted by molar-refractivity contribution is 7.89. The van der Waals surface area contributed by atoms with Crippen LogP contribution in [0.25, 0.3) is 0 Å². The van der Waals surface area contributed by atoms with E-state index in [2.05, 4.69) is 9.97 Å². The minimum absolute atomic E-state index is 0.0381. The zero-order valence-corrected chi connectivity index (χ0v) is 11.6. The molecule has 0 aliphatic heterocycles. The van der Waals surface area contributed by atoms with Gasteiger partial charge < -0.3 is 0 Å². The fraction of sp³-hybridized carbons (Fsp3) is 0.154. The first-order valence-electron chi connectivity index (χ1n) is 5.81. The second-order valence-electron chi connectivity index (χ2n) is 4.12. The molecule has 2 rings (SSSR count). The van der Waals surface area contributed by atoms with E-state index in [1.807, 2.05) is 0 Å². The van der Waals surface area contributed by atoms with Gasteiger partial charge in [0.1, 0.15) is 5.82 Å². The van der Waals surface area contributed by atoms with E-state index in [0.29, 0.717) is 17.7 Å². The van der Waals surface area contributed by atoms with Crippen LogP contribution in [0.3, 0.4) is 0 Å². The molecule has 20 heavy (non-hydrogen) atoms.